The lowest BCUT2D eigenvalue weighted by Crippen LogP contribution is -2.45. The van der Waals surface area contributed by atoms with Crippen LogP contribution in [0.2, 0.25) is 0 Å². The summed E-state index contributed by atoms with van der Waals surface area (Å²) in [7, 11) is 1.82. The third-order valence-electron chi connectivity index (χ3n) is 5.51. The first kappa shape index (κ1) is 21.7. The number of nitrogens with one attached hydrogen (secondary N) is 2. The average Bonchev–Trinajstić information content (AvgIpc) is 3.06. The molecule has 1 aliphatic heterocycles. The van der Waals surface area contributed by atoms with Crippen LogP contribution >= 0.6 is 11.3 Å². The van der Waals surface area contributed by atoms with E-state index in [0.717, 1.165) is 55.9 Å². The van der Waals surface area contributed by atoms with Crippen molar-refractivity contribution in [1.29, 1.82) is 0 Å². The summed E-state index contributed by atoms with van der Waals surface area (Å²) in [5.74, 6) is 0.821. The number of hydrogen-bond acceptors (Lipinski definition) is 5. The highest BCUT2D eigenvalue weighted by atomic mass is 32.1. The molecule has 1 aliphatic rings. The number of piperazine rings is 1. The number of hydrogen-bond donors (Lipinski definition) is 2. The second-order valence-electron chi connectivity index (χ2n) is 7.50. The van der Waals surface area contributed by atoms with Gasteiger partial charge >= 0.3 is 0 Å². The molecular weight excluding hydrogens is 380 g/mol. The van der Waals surface area contributed by atoms with E-state index in [1.807, 2.05) is 14.0 Å². The zero-order valence-corrected chi connectivity index (χ0v) is 19.0. The molecule has 2 aromatic rings. The van der Waals surface area contributed by atoms with Crippen LogP contribution in [-0.2, 0) is 19.6 Å². The second kappa shape index (κ2) is 10.7. The molecule has 1 fully saturated rings. The smallest absolute Gasteiger partial charge is 0.191 e. The number of aromatic nitrogens is 1. The van der Waals surface area contributed by atoms with Crippen molar-refractivity contribution in [1.82, 2.24) is 25.4 Å². The van der Waals surface area contributed by atoms with E-state index in [1.165, 1.54) is 29.1 Å². The molecule has 0 unspecified atom stereocenters. The first-order chi connectivity index (χ1) is 14.1. The van der Waals surface area contributed by atoms with E-state index in [2.05, 4.69) is 68.5 Å². The van der Waals surface area contributed by atoms with Crippen LogP contribution in [0.4, 0.5) is 0 Å². The Balaban J connectivity index is 1.53. The molecule has 7 heteroatoms. The number of aliphatic imine (C=N–C) groups is 1. The Morgan fingerprint density at radius 3 is 2.31 bits per heavy atom. The van der Waals surface area contributed by atoms with Gasteiger partial charge in [-0.2, -0.15) is 0 Å². The third kappa shape index (κ3) is 6.26. The molecule has 1 saturated heterocycles. The maximum atomic E-state index is 4.50. The largest absolute Gasteiger partial charge is 0.352 e. The molecular formula is C22H34N6S. The summed E-state index contributed by atoms with van der Waals surface area (Å²) in [5, 5.41) is 8.00. The molecule has 1 aromatic carbocycles. The highest BCUT2D eigenvalue weighted by Gasteiger charge is 2.16. The van der Waals surface area contributed by atoms with Gasteiger partial charge in [0.1, 0.15) is 0 Å². The SMILES string of the molecule is CCN1CCN(Cc2ccccc2CNC(=NC)NCc2sc(C)nc2C)CC1. The van der Waals surface area contributed by atoms with Gasteiger partial charge in [-0.25, -0.2) is 4.98 Å². The molecule has 0 spiro atoms. The van der Waals surface area contributed by atoms with Gasteiger partial charge in [0.2, 0.25) is 0 Å². The van der Waals surface area contributed by atoms with Crippen LogP contribution in [0.3, 0.4) is 0 Å². The zero-order valence-electron chi connectivity index (χ0n) is 18.2. The number of guanidine groups is 1. The molecule has 0 amide bonds. The first-order valence-corrected chi connectivity index (χ1v) is 11.3. The molecule has 2 N–H and O–H groups in total. The lowest BCUT2D eigenvalue weighted by Gasteiger charge is -2.34. The fourth-order valence-corrected chi connectivity index (χ4v) is 4.57. The standard InChI is InChI=1S/C22H34N6S/c1-5-27-10-12-28(13-11-27)16-20-9-7-6-8-19(20)14-24-22(23-4)25-15-21-17(2)26-18(3)29-21/h6-9H,5,10-16H2,1-4H3,(H2,23,24,25). The van der Waals surface area contributed by atoms with Crippen LogP contribution in [0.25, 0.3) is 0 Å². The van der Waals surface area contributed by atoms with Gasteiger partial charge in [-0.05, 0) is 31.5 Å². The van der Waals surface area contributed by atoms with Crippen molar-refractivity contribution < 1.29 is 0 Å². The summed E-state index contributed by atoms with van der Waals surface area (Å²) in [4.78, 5) is 15.2. The van der Waals surface area contributed by atoms with Crippen LogP contribution in [-0.4, -0.2) is 60.5 Å². The molecule has 2 heterocycles. The van der Waals surface area contributed by atoms with Crippen molar-refractivity contribution in [3.63, 3.8) is 0 Å². The topological polar surface area (TPSA) is 55.8 Å². The minimum absolute atomic E-state index is 0.750. The number of benzene rings is 1. The van der Waals surface area contributed by atoms with E-state index in [1.54, 1.807) is 11.3 Å². The predicted molar refractivity (Wildman–Crippen MR) is 122 cm³/mol. The quantitative estimate of drug-likeness (QED) is 0.539. The van der Waals surface area contributed by atoms with Crippen LogP contribution < -0.4 is 10.6 Å². The van der Waals surface area contributed by atoms with Crippen LogP contribution in [0, 0.1) is 13.8 Å². The van der Waals surface area contributed by atoms with Crippen LogP contribution in [0.1, 0.15) is 33.6 Å². The van der Waals surface area contributed by atoms with Crippen LogP contribution in [0.15, 0.2) is 29.3 Å². The van der Waals surface area contributed by atoms with E-state index in [4.69, 9.17) is 0 Å². The Hall–Kier alpha value is -1.96. The molecule has 0 atom stereocenters. The molecule has 0 radical (unpaired) electrons. The molecule has 3 rings (SSSR count). The average molecular weight is 415 g/mol. The molecule has 0 saturated carbocycles. The van der Waals surface area contributed by atoms with Crippen LogP contribution in [0.5, 0.6) is 0 Å². The van der Waals surface area contributed by atoms with E-state index in [-0.39, 0.29) is 0 Å². The number of rotatable bonds is 7. The molecule has 0 aliphatic carbocycles. The van der Waals surface area contributed by atoms with Crippen molar-refractivity contribution in [3.05, 3.63) is 51.0 Å². The number of nitrogens with zero attached hydrogens (tertiary/aromatic N) is 4. The van der Waals surface area contributed by atoms with E-state index in [0.29, 0.717) is 0 Å². The normalized spacial score (nSPS) is 16.2. The van der Waals surface area contributed by atoms with Gasteiger partial charge in [0.05, 0.1) is 17.2 Å². The minimum Gasteiger partial charge on any atom is -0.352 e. The molecule has 29 heavy (non-hydrogen) atoms. The van der Waals surface area contributed by atoms with E-state index < -0.39 is 0 Å². The highest BCUT2D eigenvalue weighted by molar-refractivity contribution is 7.11. The molecule has 6 nitrogen and oxygen atoms in total. The van der Waals surface area contributed by atoms with Gasteiger partial charge in [-0.3, -0.25) is 9.89 Å². The maximum absolute atomic E-state index is 4.50. The van der Waals surface area contributed by atoms with Gasteiger partial charge in [-0.1, -0.05) is 31.2 Å². The van der Waals surface area contributed by atoms with Gasteiger partial charge in [0, 0.05) is 51.2 Å². The third-order valence-corrected chi connectivity index (χ3v) is 6.58. The Labute approximate surface area is 179 Å². The van der Waals surface area contributed by atoms with Gasteiger partial charge in [0.25, 0.3) is 0 Å². The lowest BCUT2D eigenvalue weighted by molar-refractivity contribution is 0.131. The summed E-state index contributed by atoms with van der Waals surface area (Å²) >= 11 is 1.74. The number of likely N-dealkylation sites (N-methyl/N-ethyl adjacent to an activating group) is 1. The Morgan fingerprint density at radius 2 is 1.69 bits per heavy atom. The zero-order chi connectivity index (χ0) is 20.6. The van der Waals surface area contributed by atoms with E-state index in [9.17, 15) is 0 Å². The summed E-state index contributed by atoms with van der Waals surface area (Å²) in [5.41, 5.74) is 3.83. The lowest BCUT2D eigenvalue weighted by atomic mass is 10.1. The fraction of sp³-hybridized carbons (Fsp3) is 0.545. The molecule has 0 bridgehead atoms. The number of thiazole rings is 1. The Morgan fingerprint density at radius 1 is 1.03 bits per heavy atom. The van der Waals surface area contributed by atoms with Crippen molar-refractivity contribution >= 4 is 17.3 Å². The summed E-state index contributed by atoms with van der Waals surface area (Å²) in [6.45, 7) is 14.7. The Kier molecular flexibility index (Phi) is 8.03. The van der Waals surface area contributed by atoms with Gasteiger partial charge in [0.15, 0.2) is 5.96 Å². The highest BCUT2D eigenvalue weighted by Crippen LogP contribution is 2.17. The van der Waals surface area contributed by atoms with E-state index >= 15 is 0 Å². The first-order valence-electron chi connectivity index (χ1n) is 10.5. The second-order valence-corrected chi connectivity index (χ2v) is 8.79. The number of aryl methyl sites for hydroxylation is 2. The monoisotopic (exact) mass is 414 g/mol. The molecule has 158 valence electrons. The minimum atomic E-state index is 0.750. The maximum Gasteiger partial charge on any atom is 0.191 e. The van der Waals surface area contributed by atoms with Crippen molar-refractivity contribution in [2.24, 2.45) is 4.99 Å². The van der Waals surface area contributed by atoms with Crippen molar-refractivity contribution in [2.75, 3.05) is 39.8 Å². The summed E-state index contributed by atoms with van der Waals surface area (Å²) in [6.07, 6.45) is 0. The predicted octanol–water partition coefficient (Wildman–Crippen LogP) is 2.76. The van der Waals surface area contributed by atoms with Crippen molar-refractivity contribution in [3.8, 4) is 0 Å². The summed E-state index contributed by atoms with van der Waals surface area (Å²) in [6, 6.07) is 8.73. The summed E-state index contributed by atoms with van der Waals surface area (Å²) < 4.78 is 0. The van der Waals surface area contributed by atoms with Gasteiger partial charge in [-0.15, -0.1) is 11.3 Å². The fourth-order valence-electron chi connectivity index (χ4n) is 3.69. The van der Waals surface area contributed by atoms with Gasteiger partial charge < -0.3 is 15.5 Å². The Bertz CT molecular complexity index is 807. The molecule has 1 aromatic heterocycles. The van der Waals surface area contributed by atoms with Crippen molar-refractivity contribution in [2.45, 2.75) is 40.4 Å².